The average molecular weight is 349 g/mol. The fourth-order valence-corrected chi connectivity index (χ4v) is 2.57. The lowest BCUT2D eigenvalue weighted by molar-refractivity contribution is -0.136. The van der Waals surface area contributed by atoms with Crippen LogP contribution in [0.2, 0.25) is 0 Å². The van der Waals surface area contributed by atoms with Gasteiger partial charge in [-0.15, -0.1) is 0 Å². The molecule has 5 nitrogen and oxygen atoms in total. The summed E-state index contributed by atoms with van der Waals surface area (Å²) in [7, 11) is 1.29. The van der Waals surface area contributed by atoms with E-state index in [2.05, 4.69) is 5.32 Å². The Balaban J connectivity index is 2.29. The fraction of sp³-hybridized carbons (Fsp3) is 0.500. The number of likely N-dealkylation sites (N-methyl/N-ethyl adjacent to an activating group) is 1. The molecule has 1 aliphatic rings. The molecule has 0 atom stereocenters. The quantitative estimate of drug-likeness (QED) is 0.773. The molecule has 1 saturated heterocycles. The van der Waals surface area contributed by atoms with Crippen molar-refractivity contribution in [2.75, 3.05) is 13.6 Å². The van der Waals surface area contributed by atoms with Crippen molar-refractivity contribution in [3.05, 3.63) is 40.6 Å². The Morgan fingerprint density at radius 3 is 2.36 bits per heavy atom. The lowest BCUT2D eigenvalue weighted by Crippen LogP contribution is -2.41. The second-order valence-electron chi connectivity index (χ2n) is 7.26. The molecule has 1 fully saturated rings. The highest BCUT2D eigenvalue weighted by Gasteiger charge is 2.52. The predicted octanol–water partition coefficient (Wildman–Crippen LogP) is 2.69. The lowest BCUT2D eigenvalue weighted by Gasteiger charge is -2.32. The minimum absolute atomic E-state index is 0.162. The van der Waals surface area contributed by atoms with Crippen LogP contribution in [0.15, 0.2) is 23.7 Å². The number of hydrogen-bond donors (Lipinski definition) is 2. The van der Waals surface area contributed by atoms with Gasteiger partial charge < -0.3 is 19.7 Å². The van der Waals surface area contributed by atoms with E-state index < -0.39 is 30.1 Å². The summed E-state index contributed by atoms with van der Waals surface area (Å²) in [5.74, 6) is -1.59. The topological polar surface area (TPSA) is 67.8 Å². The van der Waals surface area contributed by atoms with Gasteiger partial charge in [0, 0.05) is 6.54 Å². The summed E-state index contributed by atoms with van der Waals surface area (Å²) in [5.41, 5.74) is 0.718. The average Bonchev–Trinajstić information content (AvgIpc) is 2.69. The highest BCUT2D eigenvalue weighted by molar-refractivity contribution is 6.55. The van der Waals surface area contributed by atoms with Gasteiger partial charge in [-0.25, -0.2) is 4.39 Å². The van der Waals surface area contributed by atoms with Crippen LogP contribution in [0.1, 0.15) is 38.8 Å². The van der Waals surface area contributed by atoms with E-state index in [0.29, 0.717) is 12.1 Å². The Kier molecular flexibility index (Phi) is 5.71. The van der Waals surface area contributed by atoms with Crippen molar-refractivity contribution >= 4 is 19.2 Å². The normalized spacial score (nSPS) is 19.3. The number of nitrogens with one attached hydrogen (secondary N) is 1. The van der Waals surface area contributed by atoms with Crippen molar-refractivity contribution < 1.29 is 23.6 Å². The van der Waals surface area contributed by atoms with Crippen LogP contribution in [0, 0.1) is 5.82 Å². The molecule has 0 aliphatic carbocycles. The molecular formula is C18H25BFNO4. The van der Waals surface area contributed by atoms with E-state index >= 15 is 0 Å². The van der Waals surface area contributed by atoms with Gasteiger partial charge in [-0.2, -0.15) is 0 Å². The summed E-state index contributed by atoms with van der Waals surface area (Å²) in [6.45, 7) is 8.43. The van der Waals surface area contributed by atoms with Crippen LogP contribution in [0.3, 0.4) is 0 Å². The monoisotopic (exact) mass is 349 g/mol. The molecule has 0 aromatic heterocycles. The molecule has 25 heavy (non-hydrogen) atoms. The number of hydrogen-bond acceptors (Lipinski definition) is 4. The Hall–Kier alpha value is -1.70. The molecule has 1 aliphatic heterocycles. The van der Waals surface area contributed by atoms with Gasteiger partial charge in [-0.05, 0) is 57.4 Å². The van der Waals surface area contributed by atoms with E-state index in [1.54, 1.807) is 6.07 Å². The molecule has 2 rings (SSSR count). The van der Waals surface area contributed by atoms with Crippen LogP contribution in [0.5, 0.6) is 0 Å². The number of benzene rings is 1. The third-order valence-electron chi connectivity index (χ3n) is 4.71. The zero-order chi connectivity index (χ0) is 18.8. The molecule has 0 amide bonds. The minimum atomic E-state index is -1.06. The molecular weight excluding hydrogens is 324 g/mol. The summed E-state index contributed by atoms with van der Waals surface area (Å²) in [5, 5.41) is 11.9. The van der Waals surface area contributed by atoms with Crippen molar-refractivity contribution in [3.63, 3.8) is 0 Å². The van der Waals surface area contributed by atoms with Crippen LogP contribution in [0.25, 0.3) is 6.08 Å². The van der Waals surface area contributed by atoms with E-state index in [0.717, 1.165) is 5.47 Å². The zero-order valence-corrected chi connectivity index (χ0v) is 15.4. The van der Waals surface area contributed by atoms with Crippen LogP contribution < -0.4 is 5.32 Å². The number of carboxylic acid groups (broad SMARTS) is 1. The van der Waals surface area contributed by atoms with Gasteiger partial charge in [0.25, 0.3) is 0 Å². The van der Waals surface area contributed by atoms with E-state index in [-0.39, 0.29) is 12.0 Å². The maximum absolute atomic E-state index is 14.1. The first kappa shape index (κ1) is 19.6. The van der Waals surface area contributed by atoms with Crippen LogP contribution in [0.4, 0.5) is 4.39 Å². The Labute approximate surface area is 148 Å². The minimum Gasteiger partial charge on any atom is -0.481 e. The summed E-state index contributed by atoms with van der Waals surface area (Å²) in [4.78, 5) is 10.7. The molecule has 1 heterocycles. The van der Waals surface area contributed by atoms with Gasteiger partial charge in [-0.1, -0.05) is 18.2 Å². The van der Waals surface area contributed by atoms with Crippen LogP contribution in [-0.4, -0.2) is 43.0 Å². The Morgan fingerprint density at radius 1 is 1.28 bits per heavy atom. The molecule has 0 unspecified atom stereocenters. The van der Waals surface area contributed by atoms with Crippen LogP contribution >= 0.6 is 0 Å². The molecule has 136 valence electrons. The number of halogens is 1. The Morgan fingerprint density at radius 2 is 1.88 bits per heavy atom. The highest BCUT2D eigenvalue weighted by atomic mass is 19.1. The molecule has 0 spiro atoms. The number of carboxylic acids is 1. The fourth-order valence-electron chi connectivity index (χ4n) is 2.57. The number of rotatable bonds is 6. The third-order valence-corrected chi connectivity index (χ3v) is 4.71. The second kappa shape index (κ2) is 7.27. The van der Waals surface area contributed by atoms with Crippen molar-refractivity contribution in [2.24, 2.45) is 0 Å². The first-order valence-corrected chi connectivity index (χ1v) is 8.26. The summed E-state index contributed by atoms with van der Waals surface area (Å²) < 4.78 is 26.2. The van der Waals surface area contributed by atoms with Gasteiger partial charge in [0.05, 0.1) is 17.6 Å². The van der Waals surface area contributed by atoms with E-state index in [9.17, 15) is 9.18 Å². The van der Waals surface area contributed by atoms with Gasteiger partial charge in [-0.3, -0.25) is 4.79 Å². The first-order chi connectivity index (χ1) is 11.6. The van der Waals surface area contributed by atoms with Gasteiger partial charge in [0.15, 0.2) is 0 Å². The Bertz CT molecular complexity index is 672. The molecule has 0 bridgehead atoms. The maximum Gasteiger partial charge on any atom is 0.491 e. The largest absolute Gasteiger partial charge is 0.491 e. The summed E-state index contributed by atoms with van der Waals surface area (Å²) >= 11 is 0. The van der Waals surface area contributed by atoms with Crippen molar-refractivity contribution in [1.29, 1.82) is 0 Å². The van der Waals surface area contributed by atoms with Crippen LogP contribution in [-0.2, 0) is 20.5 Å². The summed E-state index contributed by atoms with van der Waals surface area (Å²) in [6.07, 6.45) is 1.47. The number of carbonyl (C=O) groups is 1. The third kappa shape index (κ3) is 4.48. The molecule has 7 heteroatoms. The van der Waals surface area contributed by atoms with Crippen molar-refractivity contribution in [2.45, 2.75) is 45.3 Å². The molecule has 2 N–H and O–H groups in total. The SMILES string of the molecule is CNCC(=Cc1ccc(CC(=O)O)c(F)c1)B1OC(C)(C)C(C)(C)O1. The lowest BCUT2D eigenvalue weighted by atomic mass is 9.77. The number of aliphatic carboxylic acids is 1. The first-order valence-electron chi connectivity index (χ1n) is 8.26. The maximum atomic E-state index is 14.1. The smallest absolute Gasteiger partial charge is 0.481 e. The van der Waals surface area contributed by atoms with E-state index in [1.807, 2.05) is 40.8 Å². The van der Waals surface area contributed by atoms with E-state index in [1.165, 1.54) is 12.1 Å². The zero-order valence-electron chi connectivity index (χ0n) is 15.4. The molecule has 1 aromatic rings. The van der Waals surface area contributed by atoms with Crippen molar-refractivity contribution in [3.8, 4) is 0 Å². The van der Waals surface area contributed by atoms with Gasteiger partial charge in [0.2, 0.25) is 0 Å². The molecule has 0 radical (unpaired) electrons. The predicted molar refractivity (Wildman–Crippen MR) is 95.7 cm³/mol. The van der Waals surface area contributed by atoms with E-state index in [4.69, 9.17) is 14.4 Å². The molecule has 0 saturated carbocycles. The standard InChI is InChI=1S/C18H25BFNO4/c1-17(2)18(3,4)25-19(24-17)14(11-21-5)8-12-6-7-13(10-16(22)23)15(20)9-12/h6-9,21H,10-11H2,1-5H3,(H,22,23). The van der Waals surface area contributed by atoms with Gasteiger partial charge >= 0.3 is 13.1 Å². The summed E-state index contributed by atoms with van der Waals surface area (Å²) in [6, 6.07) is 4.53. The van der Waals surface area contributed by atoms with Gasteiger partial charge in [0.1, 0.15) is 5.82 Å². The van der Waals surface area contributed by atoms with Crippen molar-refractivity contribution in [1.82, 2.24) is 5.32 Å². The highest BCUT2D eigenvalue weighted by Crippen LogP contribution is 2.38. The molecule has 1 aromatic carbocycles. The second-order valence-corrected chi connectivity index (χ2v) is 7.26.